The molecule has 7 heteroatoms. The second-order valence-corrected chi connectivity index (χ2v) is 4.35. The van der Waals surface area contributed by atoms with Crippen LogP contribution in [0.15, 0.2) is 5.11 Å². The van der Waals surface area contributed by atoms with E-state index in [1.54, 1.807) is 0 Å². The largest absolute Gasteiger partial charge is 0.342 e. The van der Waals surface area contributed by atoms with Crippen molar-refractivity contribution in [3.05, 3.63) is 10.4 Å². The fourth-order valence-corrected chi connectivity index (χ4v) is 2.60. The van der Waals surface area contributed by atoms with Crippen LogP contribution in [-0.2, 0) is 4.79 Å². The van der Waals surface area contributed by atoms with E-state index < -0.39 is 11.8 Å². The summed E-state index contributed by atoms with van der Waals surface area (Å²) < 4.78 is 26.7. The van der Waals surface area contributed by atoms with E-state index in [2.05, 4.69) is 10.0 Å². The first-order valence-electron chi connectivity index (χ1n) is 5.21. The molecule has 2 fully saturated rings. The lowest BCUT2D eigenvalue weighted by Crippen LogP contribution is -2.34. The van der Waals surface area contributed by atoms with Crippen molar-refractivity contribution in [2.45, 2.75) is 18.8 Å². The molecule has 0 aromatic rings. The number of rotatable bonds is 2. The minimum absolute atomic E-state index is 0.0687. The van der Waals surface area contributed by atoms with Crippen LogP contribution in [0.2, 0.25) is 0 Å². The van der Waals surface area contributed by atoms with E-state index in [0.717, 1.165) is 0 Å². The molecule has 0 N–H and O–H groups in total. The van der Waals surface area contributed by atoms with Gasteiger partial charge in [0.05, 0.1) is 0 Å². The summed E-state index contributed by atoms with van der Waals surface area (Å²) in [6.45, 7) is 0.193. The van der Waals surface area contributed by atoms with E-state index in [0.29, 0.717) is 13.0 Å². The van der Waals surface area contributed by atoms with E-state index in [-0.39, 0.29) is 31.3 Å². The van der Waals surface area contributed by atoms with Crippen molar-refractivity contribution in [1.82, 2.24) is 4.90 Å². The van der Waals surface area contributed by atoms with Gasteiger partial charge in [-0.3, -0.25) is 4.79 Å². The Hall–Kier alpha value is -1.36. The van der Waals surface area contributed by atoms with Gasteiger partial charge in [-0.1, -0.05) is 5.11 Å². The molecule has 0 radical (unpaired) electrons. The van der Waals surface area contributed by atoms with Crippen molar-refractivity contribution in [3.8, 4) is 0 Å². The third-order valence-electron chi connectivity index (χ3n) is 3.45. The number of amides is 1. The molecular weight excluding hydrogens is 218 g/mol. The van der Waals surface area contributed by atoms with Gasteiger partial charge in [-0.2, -0.15) is 0 Å². The van der Waals surface area contributed by atoms with E-state index in [1.165, 1.54) is 4.90 Å². The highest BCUT2D eigenvalue weighted by atomic mass is 19.3. The highest BCUT2D eigenvalue weighted by molar-refractivity contribution is 5.78. The minimum atomic E-state index is -2.64. The molecule has 16 heavy (non-hydrogen) atoms. The molecule has 5 nitrogen and oxygen atoms in total. The Morgan fingerprint density at radius 3 is 2.94 bits per heavy atom. The van der Waals surface area contributed by atoms with Crippen LogP contribution in [0.25, 0.3) is 10.4 Å². The number of nitrogens with zero attached hydrogens (tertiary/aromatic N) is 4. The van der Waals surface area contributed by atoms with E-state index in [4.69, 9.17) is 5.53 Å². The van der Waals surface area contributed by atoms with Gasteiger partial charge in [-0.05, 0) is 17.9 Å². The molecule has 2 rings (SSSR count). The molecule has 2 atom stereocenters. The Labute approximate surface area is 91.0 Å². The molecule has 0 aromatic carbocycles. The van der Waals surface area contributed by atoms with Gasteiger partial charge in [0, 0.05) is 30.3 Å². The molecule has 1 aliphatic carbocycles. The first-order chi connectivity index (χ1) is 7.54. The molecule has 0 aromatic heterocycles. The standard InChI is InChI=1S/C9H12F2N4O/c10-9(11)2-1-6-4-15(5-7(6)9)8(16)3-13-14-12/h6-7H,1-5H2/t6-,7+/m1/s1. The number of azide groups is 1. The van der Waals surface area contributed by atoms with Crippen LogP contribution in [0.5, 0.6) is 0 Å². The van der Waals surface area contributed by atoms with Crippen molar-refractivity contribution in [2.75, 3.05) is 19.6 Å². The van der Waals surface area contributed by atoms with E-state index >= 15 is 0 Å². The molecule has 0 unspecified atom stereocenters. The number of likely N-dealkylation sites (tertiary alicyclic amines) is 1. The monoisotopic (exact) mass is 230 g/mol. The minimum Gasteiger partial charge on any atom is -0.342 e. The molecule has 1 saturated heterocycles. The van der Waals surface area contributed by atoms with Crippen molar-refractivity contribution < 1.29 is 13.6 Å². The Bertz CT molecular complexity index is 353. The van der Waals surface area contributed by atoms with Gasteiger partial charge in [-0.25, -0.2) is 8.78 Å². The average Bonchev–Trinajstić information content (AvgIpc) is 2.77. The van der Waals surface area contributed by atoms with Crippen LogP contribution in [0.3, 0.4) is 0 Å². The molecule has 1 amide bonds. The van der Waals surface area contributed by atoms with E-state index in [1.807, 2.05) is 0 Å². The van der Waals surface area contributed by atoms with Gasteiger partial charge in [0.25, 0.3) is 5.92 Å². The number of hydrogen-bond acceptors (Lipinski definition) is 2. The number of halogens is 2. The smallest absolute Gasteiger partial charge is 0.252 e. The molecule has 0 spiro atoms. The van der Waals surface area contributed by atoms with Crippen LogP contribution in [0, 0.1) is 11.8 Å². The van der Waals surface area contributed by atoms with Crippen molar-refractivity contribution in [2.24, 2.45) is 17.0 Å². The number of carbonyl (C=O) groups is 1. The van der Waals surface area contributed by atoms with Crippen LogP contribution >= 0.6 is 0 Å². The van der Waals surface area contributed by atoms with Crippen LogP contribution < -0.4 is 0 Å². The quantitative estimate of drug-likeness (QED) is 0.405. The van der Waals surface area contributed by atoms with Crippen molar-refractivity contribution >= 4 is 5.91 Å². The number of alkyl halides is 2. The number of carbonyl (C=O) groups excluding carboxylic acids is 1. The maximum Gasteiger partial charge on any atom is 0.252 e. The van der Waals surface area contributed by atoms with Crippen LogP contribution in [0.4, 0.5) is 8.78 Å². The van der Waals surface area contributed by atoms with Gasteiger partial charge < -0.3 is 4.90 Å². The summed E-state index contributed by atoms with van der Waals surface area (Å²) in [6, 6.07) is 0. The van der Waals surface area contributed by atoms with E-state index in [9.17, 15) is 13.6 Å². The molecule has 1 heterocycles. The van der Waals surface area contributed by atoms with Gasteiger partial charge in [-0.15, -0.1) is 0 Å². The Morgan fingerprint density at radius 2 is 2.31 bits per heavy atom. The van der Waals surface area contributed by atoms with Crippen LogP contribution in [-0.4, -0.2) is 36.4 Å². The lowest BCUT2D eigenvalue weighted by atomic mass is 9.99. The molecule has 1 saturated carbocycles. The zero-order valence-electron chi connectivity index (χ0n) is 8.64. The second kappa shape index (κ2) is 3.90. The summed E-state index contributed by atoms with van der Waals surface area (Å²) in [5.41, 5.74) is 8.07. The maximum atomic E-state index is 13.4. The molecule has 0 bridgehead atoms. The Morgan fingerprint density at radius 1 is 1.56 bits per heavy atom. The summed E-state index contributed by atoms with van der Waals surface area (Å²) in [7, 11) is 0. The van der Waals surface area contributed by atoms with Gasteiger partial charge in [0.15, 0.2) is 0 Å². The maximum absolute atomic E-state index is 13.4. The predicted molar refractivity (Wildman–Crippen MR) is 51.8 cm³/mol. The highest BCUT2D eigenvalue weighted by Crippen LogP contribution is 2.48. The first kappa shape index (κ1) is 11.1. The zero-order chi connectivity index (χ0) is 11.8. The highest BCUT2D eigenvalue weighted by Gasteiger charge is 2.54. The van der Waals surface area contributed by atoms with Crippen molar-refractivity contribution in [3.63, 3.8) is 0 Å². The summed E-state index contributed by atoms with van der Waals surface area (Å²) in [5.74, 6) is -3.80. The number of fused-ring (bicyclic) bond motifs is 1. The molecule has 2 aliphatic rings. The molecular formula is C9H12F2N4O. The van der Waals surface area contributed by atoms with Gasteiger partial charge in [0.1, 0.15) is 6.54 Å². The SMILES string of the molecule is [N-]=[N+]=NCC(=O)N1C[C@H]2CCC(F)(F)[C@H]2C1. The summed E-state index contributed by atoms with van der Waals surface area (Å²) in [5, 5.41) is 3.15. The predicted octanol–water partition coefficient (Wildman–Crippen LogP) is 1.80. The number of hydrogen-bond donors (Lipinski definition) is 0. The fourth-order valence-electron chi connectivity index (χ4n) is 2.60. The van der Waals surface area contributed by atoms with Gasteiger partial charge >= 0.3 is 0 Å². The Kier molecular flexibility index (Phi) is 2.71. The summed E-state index contributed by atoms with van der Waals surface area (Å²) >= 11 is 0. The summed E-state index contributed by atoms with van der Waals surface area (Å²) in [6.07, 6.45) is 0.406. The van der Waals surface area contributed by atoms with Gasteiger partial charge in [0.2, 0.25) is 5.91 Å². The average molecular weight is 230 g/mol. The summed E-state index contributed by atoms with van der Waals surface area (Å²) in [4.78, 5) is 15.3. The second-order valence-electron chi connectivity index (χ2n) is 4.35. The normalized spacial score (nSPS) is 31.0. The van der Waals surface area contributed by atoms with Crippen molar-refractivity contribution in [1.29, 1.82) is 0 Å². The first-order valence-corrected chi connectivity index (χ1v) is 5.21. The lowest BCUT2D eigenvalue weighted by Gasteiger charge is -2.19. The van der Waals surface area contributed by atoms with Crippen LogP contribution in [0.1, 0.15) is 12.8 Å². The molecule has 88 valence electrons. The third-order valence-corrected chi connectivity index (χ3v) is 3.45. The third kappa shape index (κ3) is 1.82. The lowest BCUT2D eigenvalue weighted by molar-refractivity contribution is -0.129. The fraction of sp³-hybridized carbons (Fsp3) is 0.889. The molecule has 1 aliphatic heterocycles. The zero-order valence-corrected chi connectivity index (χ0v) is 8.64. The topological polar surface area (TPSA) is 69.1 Å². The Balaban J connectivity index is 1.98.